The number of H-pyrrole nitrogens is 1. The number of aromatic nitrogens is 3. The first kappa shape index (κ1) is 14.0. The molecular weight excluding hydrogens is 354 g/mol. The lowest BCUT2D eigenvalue weighted by molar-refractivity contribution is -0.140. The number of nitrogens with zero attached hydrogens (tertiary/aromatic N) is 2. The van der Waals surface area contributed by atoms with Crippen molar-refractivity contribution in [3.05, 3.63) is 46.4 Å². The van der Waals surface area contributed by atoms with E-state index in [9.17, 15) is 17.6 Å². The van der Waals surface area contributed by atoms with Crippen LogP contribution in [-0.2, 0) is 6.18 Å². The zero-order chi connectivity index (χ0) is 15.2. The Morgan fingerprint density at radius 3 is 2.62 bits per heavy atom. The first-order valence-corrected chi connectivity index (χ1v) is 6.52. The largest absolute Gasteiger partial charge is 0.434 e. The zero-order valence-electron chi connectivity index (χ0n) is 10.2. The number of halogens is 5. The van der Waals surface area contributed by atoms with Crippen molar-refractivity contribution < 1.29 is 17.6 Å². The molecule has 1 N–H and O–H groups in total. The van der Waals surface area contributed by atoms with Crippen molar-refractivity contribution in [1.82, 2.24) is 15.0 Å². The van der Waals surface area contributed by atoms with Crippen molar-refractivity contribution >= 4 is 27.0 Å². The monoisotopic (exact) mass is 359 g/mol. The van der Waals surface area contributed by atoms with Crippen LogP contribution in [0.1, 0.15) is 5.69 Å². The molecule has 0 saturated carbocycles. The first-order valence-electron chi connectivity index (χ1n) is 5.73. The molecular formula is C13H6BrF4N3. The molecule has 0 bridgehead atoms. The molecule has 2 aromatic heterocycles. The van der Waals surface area contributed by atoms with Crippen LogP contribution in [0.25, 0.3) is 22.4 Å². The summed E-state index contributed by atoms with van der Waals surface area (Å²) in [5, 5.41) is 0. The third-order valence-electron chi connectivity index (χ3n) is 2.82. The summed E-state index contributed by atoms with van der Waals surface area (Å²) in [7, 11) is 0. The van der Waals surface area contributed by atoms with Crippen LogP contribution in [0, 0.1) is 5.82 Å². The van der Waals surface area contributed by atoms with Crippen molar-refractivity contribution in [2.24, 2.45) is 0 Å². The van der Waals surface area contributed by atoms with Gasteiger partial charge < -0.3 is 4.98 Å². The topological polar surface area (TPSA) is 41.6 Å². The minimum absolute atomic E-state index is 0.0169. The van der Waals surface area contributed by atoms with Gasteiger partial charge in [0.15, 0.2) is 5.69 Å². The van der Waals surface area contributed by atoms with Gasteiger partial charge in [0.2, 0.25) is 0 Å². The fourth-order valence-corrected chi connectivity index (χ4v) is 2.28. The number of aromatic amines is 1. The summed E-state index contributed by atoms with van der Waals surface area (Å²) in [4.78, 5) is 10.2. The van der Waals surface area contributed by atoms with E-state index in [2.05, 4.69) is 30.9 Å². The number of alkyl halides is 3. The van der Waals surface area contributed by atoms with Gasteiger partial charge in [-0.05, 0) is 34.1 Å². The van der Waals surface area contributed by atoms with E-state index in [4.69, 9.17) is 0 Å². The van der Waals surface area contributed by atoms with Gasteiger partial charge >= 0.3 is 6.18 Å². The molecule has 0 amide bonds. The average Bonchev–Trinajstić information content (AvgIpc) is 2.80. The number of pyridine rings is 1. The molecule has 1 aromatic carbocycles. The van der Waals surface area contributed by atoms with Crippen molar-refractivity contribution in [2.75, 3.05) is 0 Å². The summed E-state index contributed by atoms with van der Waals surface area (Å²) >= 11 is 3.08. The lowest BCUT2D eigenvalue weighted by atomic mass is 10.2. The summed E-state index contributed by atoms with van der Waals surface area (Å²) in [6.45, 7) is 0. The molecule has 108 valence electrons. The van der Waals surface area contributed by atoms with Gasteiger partial charge in [0.1, 0.15) is 11.6 Å². The van der Waals surface area contributed by atoms with Crippen molar-refractivity contribution in [1.29, 1.82) is 0 Å². The standard InChI is InChI=1S/C13H6BrF4N3/c14-6-3-8(11(19-5-6)13(16,17)18)12-20-9-2-1-7(15)4-10(9)21-12/h1-5H,(H,20,21). The van der Waals surface area contributed by atoms with Gasteiger partial charge in [0.25, 0.3) is 0 Å². The van der Waals surface area contributed by atoms with E-state index >= 15 is 0 Å². The number of hydrogen-bond donors (Lipinski definition) is 1. The summed E-state index contributed by atoms with van der Waals surface area (Å²) in [5.74, 6) is -0.527. The van der Waals surface area contributed by atoms with E-state index in [1.54, 1.807) is 0 Å². The maximum atomic E-state index is 13.1. The molecule has 0 atom stereocenters. The molecule has 3 nitrogen and oxygen atoms in total. The molecule has 0 fully saturated rings. The minimum Gasteiger partial charge on any atom is -0.338 e. The molecule has 21 heavy (non-hydrogen) atoms. The Hall–Kier alpha value is -1.96. The maximum Gasteiger partial charge on any atom is 0.434 e. The summed E-state index contributed by atoms with van der Waals surface area (Å²) in [6, 6.07) is 5.03. The van der Waals surface area contributed by atoms with E-state index in [0.717, 1.165) is 12.3 Å². The fraction of sp³-hybridized carbons (Fsp3) is 0.0769. The van der Waals surface area contributed by atoms with Crippen LogP contribution in [0.3, 0.4) is 0 Å². The fourth-order valence-electron chi connectivity index (χ4n) is 1.95. The number of imidazole rings is 1. The molecule has 8 heteroatoms. The Morgan fingerprint density at radius 2 is 1.90 bits per heavy atom. The molecule has 0 radical (unpaired) electrons. The number of rotatable bonds is 1. The van der Waals surface area contributed by atoms with Crippen LogP contribution in [0.2, 0.25) is 0 Å². The van der Waals surface area contributed by atoms with Gasteiger partial charge in [0.05, 0.1) is 11.0 Å². The molecule has 0 unspecified atom stereocenters. The predicted molar refractivity (Wildman–Crippen MR) is 72.0 cm³/mol. The molecule has 0 aliphatic rings. The predicted octanol–water partition coefficient (Wildman–Crippen LogP) is 4.55. The van der Waals surface area contributed by atoms with Crippen LogP contribution in [0.15, 0.2) is 34.9 Å². The second-order valence-electron chi connectivity index (χ2n) is 4.29. The highest BCUT2D eigenvalue weighted by Gasteiger charge is 2.36. The summed E-state index contributed by atoms with van der Waals surface area (Å²) < 4.78 is 52.5. The van der Waals surface area contributed by atoms with E-state index in [1.165, 1.54) is 18.2 Å². The second kappa shape index (κ2) is 4.80. The van der Waals surface area contributed by atoms with E-state index in [-0.39, 0.29) is 16.9 Å². The average molecular weight is 360 g/mol. The van der Waals surface area contributed by atoms with E-state index in [1.807, 2.05) is 0 Å². The van der Waals surface area contributed by atoms with Crippen LogP contribution >= 0.6 is 15.9 Å². The third-order valence-corrected chi connectivity index (χ3v) is 3.26. The highest BCUT2D eigenvalue weighted by Crippen LogP contribution is 2.36. The van der Waals surface area contributed by atoms with E-state index < -0.39 is 17.7 Å². The van der Waals surface area contributed by atoms with Gasteiger partial charge in [-0.25, -0.2) is 14.4 Å². The Bertz CT molecular complexity index is 826. The molecule has 0 saturated heterocycles. The van der Waals surface area contributed by atoms with Crippen molar-refractivity contribution in [3.63, 3.8) is 0 Å². The number of nitrogens with one attached hydrogen (secondary N) is 1. The van der Waals surface area contributed by atoms with Crippen LogP contribution in [-0.4, -0.2) is 15.0 Å². The number of fused-ring (bicyclic) bond motifs is 1. The molecule has 2 heterocycles. The minimum atomic E-state index is -4.61. The van der Waals surface area contributed by atoms with Crippen LogP contribution in [0.5, 0.6) is 0 Å². The smallest absolute Gasteiger partial charge is 0.338 e. The molecule has 0 spiro atoms. The third kappa shape index (κ3) is 2.63. The van der Waals surface area contributed by atoms with Crippen molar-refractivity contribution in [3.8, 4) is 11.4 Å². The Morgan fingerprint density at radius 1 is 1.14 bits per heavy atom. The first-order chi connectivity index (χ1) is 9.84. The summed E-state index contributed by atoms with van der Waals surface area (Å²) in [5.41, 5.74) is -0.559. The van der Waals surface area contributed by atoms with Crippen molar-refractivity contribution in [2.45, 2.75) is 6.18 Å². The lowest BCUT2D eigenvalue weighted by Crippen LogP contribution is -2.10. The highest BCUT2D eigenvalue weighted by molar-refractivity contribution is 9.10. The number of benzene rings is 1. The van der Waals surface area contributed by atoms with Gasteiger partial charge in [-0.3, -0.25) is 0 Å². The number of hydrogen-bond acceptors (Lipinski definition) is 2. The Kier molecular flexibility index (Phi) is 3.20. The van der Waals surface area contributed by atoms with E-state index in [0.29, 0.717) is 9.99 Å². The Balaban J connectivity index is 2.24. The SMILES string of the molecule is Fc1ccc2[nH]c(-c3cc(Br)cnc3C(F)(F)F)nc2c1. The molecule has 3 aromatic rings. The Labute approximate surface area is 124 Å². The molecule has 0 aliphatic heterocycles. The van der Waals surface area contributed by atoms with Gasteiger partial charge in [-0.1, -0.05) is 0 Å². The molecule has 3 rings (SSSR count). The zero-order valence-corrected chi connectivity index (χ0v) is 11.8. The quantitative estimate of drug-likeness (QED) is 0.647. The maximum absolute atomic E-state index is 13.1. The van der Waals surface area contributed by atoms with Gasteiger partial charge in [-0.15, -0.1) is 0 Å². The second-order valence-corrected chi connectivity index (χ2v) is 5.21. The highest BCUT2D eigenvalue weighted by atomic mass is 79.9. The van der Waals surface area contributed by atoms with Crippen LogP contribution in [0.4, 0.5) is 17.6 Å². The van der Waals surface area contributed by atoms with Gasteiger partial charge in [-0.2, -0.15) is 13.2 Å². The van der Waals surface area contributed by atoms with Crippen LogP contribution < -0.4 is 0 Å². The van der Waals surface area contributed by atoms with Gasteiger partial charge in [0, 0.05) is 22.3 Å². The lowest BCUT2D eigenvalue weighted by Gasteiger charge is -2.10. The molecule has 0 aliphatic carbocycles. The normalized spacial score (nSPS) is 12.0. The summed E-state index contributed by atoms with van der Waals surface area (Å²) in [6.07, 6.45) is -3.55.